The molecule has 1 aromatic heterocycles. The van der Waals surface area contributed by atoms with Crippen molar-refractivity contribution in [3.05, 3.63) is 64.7 Å². The van der Waals surface area contributed by atoms with Gasteiger partial charge in [-0.1, -0.05) is 23.7 Å². The quantitative estimate of drug-likeness (QED) is 0.485. The van der Waals surface area contributed by atoms with E-state index in [0.29, 0.717) is 10.6 Å². The standard InChI is InChI=1S/C18H17ClN2O5/c19-13-7-5-12(6-8-13)11-14(17(24)20-9-1-4-16(22)23)21-18(25)15-3-2-10-26-15/h2-3,5-8,10-11H,1,4,9H2,(H,20,24)(H,21,25)(H,22,23). The van der Waals surface area contributed by atoms with Gasteiger partial charge < -0.3 is 20.2 Å². The first-order chi connectivity index (χ1) is 12.5. The Balaban J connectivity index is 2.12. The number of rotatable bonds is 8. The molecule has 0 unspecified atom stereocenters. The first-order valence-corrected chi connectivity index (χ1v) is 8.15. The highest BCUT2D eigenvalue weighted by molar-refractivity contribution is 6.30. The molecule has 2 rings (SSSR count). The van der Waals surface area contributed by atoms with Crippen LogP contribution in [0.4, 0.5) is 0 Å². The van der Waals surface area contributed by atoms with Gasteiger partial charge in [0.15, 0.2) is 5.76 Å². The lowest BCUT2D eigenvalue weighted by atomic mass is 10.2. The summed E-state index contributed by atoms with van der Waals surface area (Å²) in [6.45, 7) is 0.166. The van der Waals surface area contributed by atoms with Gasteiger partial charge in [0, 0.05) is 18.0 Å². The number of aliphatic carboxylic acids is 1. The average molecular weight is 377 g/mol. The molecule has 2 amide bonds. The maximum absolute atomic E-state index is 12.4. The van der Waals surface area contributed by atoms with Gasteiger partial charge in [0.05, 0.1) is 6.26 Å². The number of benzene rings is 1. The summed E-state index contributed by atoms with van der Waals surface area (Å²) in [6, 6.07) is 9.73. The molecule has 0 bridgehead atoms. The van der Waals surface area contributed by atoms with Crippen molar-refractivity contribution >= 4 is 35.5 Å². The van der Waals surface area contributed by atoms with Gasteiger partial charge in [0.2, 0.25) is 0 Å². The third kappa shape index (κ3) is 6.10. The van der Waals surface area contributed by atoms with E-state index in [1.807, 2.05) is 0 Å². The van der Waals surface area contributed by atoms with Gasteiger partial charge in [-0.15, -0.1) is 0 Å². The zero-order valence-electron chi connectivity index (χ0n) is 13.7. The van der Waals surface area contributed by atoms with Crippen LogP contribution in [0.1, 0.15) is 29.0 Å². The number of hydrogen-bond donors (Lipinski definition) is 3. The monoisotopic (exact) mass is 376 g/mol. The van der Waals surface area contributed by atoms with Crippen molar-refractivity contribution in [2.24, 2.45) is 0 Å². The molecular weight excluding hydrogens is 360 g/mol. The van der Waals surface area contributed by atoms with Crippen molar-refractivity contribution in [2.45, 2.75) is 12.8 Å². The highest BCUT2D eigenvalue weighted by Crippen LogP contribution is 2.12. The van der Waals surface area contributed by atoms with Crippen LogP contribution in [0.5, 0.6) is 0 Å². The number of carboxylic acid groups (broad SMARTS) is 1. The number of hydrogen-bond acceptors (Lipinski definition) is 4. The largest absolute Gasteiger partial charge is 0.481 e. The van der Waals surface area contributed by atoms with E-state index in [1.54, 1.807) is 30.3 Å². The van der Waals surface area contributed by atoms with Crippen molar-refractivity contribution in [1.82, 2.24) is 10.6 Å². The second-order valence-electron chi connectivity index (χ2n) is 5.29. The Kier molecular flexibility index (Phi) is 6.99. The van der Waals surface area contributed by atoms with Gasteiger partial charge in [0.25, 0.3) is 11.8 Å². The minimum Gasteiger partial charge on any atom is -0.481 e. The summed E-state index contributed by atoms with van der Waals surface area (Å²) >= 11 is 5.84. The molecule has 8 heteroatoms. The molecule has 26 heavy (non-hydrogen) atoms. The van der Waals surface area contributed by atoms with E-state index in [4.69, 9.17) is 21.1 Å². The van der Waals surface area contributed by atoms with Crippen molar-refractivity contribution in [2.75, 3.05) is 6.54 Å². The zero-order valence-corrected chi connectivity index (χ0v) is 14.5. The highest BCUT2D eigenvalue weighted by Gasteiger charge is 2.16. The lowest BCUT2D eigenvalue weighted by Gasteiger charge is -2.10. The summed E-state index contributed by atoms with van der Waals surface area (Å²) in [7, 11) is 0. The molecule has 0 saturated heterocycles. The van der Waals surface area contributed by atoms with E-state index >= 15 is 0 Å². The van der Waals surface area contributed by atoms with E-state index in [1.165, 1.54) is 18.4 Å². The fourth-order valence-corrected chi connectivity index (χ4v) is 2.14. The van der Waals surface area contributed by atoms with Crippen LogP contribution >= 0.6 is 11.6 Å². The van der Waals surface area contributed by atoms with Crippen LogP contribution in [0.25, 0.3) is 6.08 Å². The minimum absolute atomic E-state index is 0.00375. The molecule has 0 atom stereocenters. The average Bonchev–Trinajstić information content (AvgIpc) is 3.14. The van der Waals surface area contributed by atoms with Gasteiger partial charge in [-0.3, -0.25) is 14.4 Å². The Bertz CT molecular complexity index is 797. The van der Waals surface area contributed by atoms with Crippen molar-refractivity contribution in [3.63, 3.8) is 0 Å². The molecule has 0 radical (unpaired) electrons. The van der Waals surface area contributed by atoms with Crippen LogP contribution < -0.4 is 10.6 Å². The first kappa shape index (κ1) is 19.3. The molecule has 1 aromatic carbocycles. The SMILES string of the molecule is O=C(O)CCCNC(=O)C(=Cc1ccc(Cl)cc1)NC(=O)c1ccco1. The van der Waals surface area contributed by atoms with Crippen molar-refractivity contribution in [3.8, 4) is 0 Å². The molecule has 0 aliphatic carbocycles. The van der Waals surface area contributed by atoms with Gasteiger partial charge >= 0.3 is 5.97 Å². The van der Waals surface area contributed by atoms with E-state index in [2.05, 4.69) is 10.6 Å². The number of carbonyl (C=O) groups excluding carboxylic acids is 2. The maximum atomic E-state index is 12.4. The highest BCUT2D eigenvalue weighted by atomic mass is 35.5. The fourth-order valence-electron chi connectivity index (χ4n) is 2.01. The third-order valence-electron chi connectivity index (χ3n) is 3.27. The summed E-state index contributed by atoms with van der Waals surface area (Å²) in [4.78, 5) is 35.0. The topological polar surface area (TPSA) is 109 Å². The Morgan fingerprint density at radius 1 is 1.15 bits per heavy atom. The summed E-state index contributed by atoms with van der Waals surface area (Å²) in [6.07, 6.45) is 3.06. The van der Waals surface area contributed by atoms with E-state index in [-0.39, 0.29) is 30.8 Å². The van der Waals surface area contributed by atoms with E-state index in [9.17, 15) is 14.4 Å². The van der Waals surface area contributed by atoms with Crippen molar-refractivity contribution in [1.29, 1.82) is 0 Å². The third-order valence-corrected chi connectivity index (χ3v) is 3.52. The second kappa shape index (κ2) is 9.43. The Morgan fingerprint density at radius 3 is 2.50 bits per heavy atom. The zero-order chi connectivity index (χ0) is 18.9. The van der Waals surface area contributed by atoms with Crippen LogP contribution in [0.2, 0.25) is 5.02 Å². The number of halogens is 1. The van der Waals surface area contributed by atoms with Gasteiger partial charge in [-0.05, 0) is 42.3 Å². The lowest BCUT2D eigenvalue weighted by molar-refractivity contribution is -0.137. The minimum atomic E-state index is -0.942. The van der Waals surface area contributed by atoms with E-state index < -0.39 is 17.8 Å². The lowest BCUT2D eigenvalue weighted by Crippen LogP contribution is -2.35. The van der Waals surface area contributed by atoms with Crippen LogP contribution in [0, 0.1) is 0 Å². The Labute approximate surface area is 154 Å². The number of nitrogens with one attached hydrogen (secondary N) is 2. The smallest absolute Gasteiger partial charge is 0.303 e. The molecule has 0 spiro atoms. The summed E-state index contributed by atoms with van der Waals surface area (Å²) in [5, 5.41) is 14.2. The summed E-state index contributed by atoms with van der Waals surface area (Å²) < 4.78 is 5.01. The Morgan fingerprint density at radius 2 is 1.88 bits per heavy atom. The van der Waals surface area contributed by atoms with Crippen LogP contribution in [0.15, 0.2) is 52.8 Å². The molecule has 0 aliphatic rings. The first-order valence-electron chi connectivity index (χ1n) is 7.78. The maximum Gasteiger partial charge on any atom is 0.303 e. The normalized spacial score (nSPS) is 11.0. The fraction of sp³-hybridized carbons (Fsp3) is 0.167. The predicted octanol–water partition coefficient (Wildman–Crippen LogP) is 2.68. The van der Waals surface area contributed by atoms with E-state index in [0.717, 1.165) is 0 Å². The second-order valence-corrected chi connectivity index (χ2v) is 5.73. The summed E-state index contributed by atoms with van der Waals surface area (Å²) in [5.41, 5.74) is 0.661. The van der Waals surface area contributed by atoms with Crippen LogP contribution in [0.3, 0.4) is 0 Å². The molecule has 0 fully saturated rings. The number of carbonyl (C=O) groups is 3. The molecule has 7 nitrogen and oxygen atoms in total. The van der Waals surface area contributed by atoms with Gasteiger partial charge in [-0.25, -0.2) is 0 Å². The molecular formula is C18H17ClN2O5. The molecule has 0 saturated carbocycles. The molecule has 136 valence electrons. The predicted molar refractivity (Wildman–Crippen MR) is 95.5 cm³/mol. The molecule has 2 aromatic rings. The number of furan rings is 1. The molecule has 3 N–H and O–H groups in total. The van der Waals surface area contributed by atoms with Gasteiger partial charge in [0.1, 0.15) is 5.70 Å². The van der Waals surface area contributed by atoms with Crippen LogP contribution in [-0.4, -0.2) is 29.4 Å². The molecule has 1 heterocycles. The van der Waals surface area contributed by atoms with Gasteiger partial charge in [-0.2, -0.15) is 0 Å². The number of amides is 2. The number of carboxylic acids is 1. The molecule has 0 aliphatic heterocycles. The summed E-state index contributed by atoms with van der Waals surface area (Å²) in [5.74, 6) is -1.99. The Hall–Kier alpha value is -3.06. The van der Waals surface area contributed by atoms with Crippen molar-refractivity contribution < 1.29 is 23.9 Å². The van der Waals surface area contributed by atoms with Crippen LogP contribution in [-0.2, 0) is 9.59 Å².